The van der Waals surface area contributed by atoms with Crippen molar-refractivity contribution in [3.8, 4) is 0 Å². The van der Waals surface area contributed by atoms with E-state index in [-0.39, 0.29) is 17.9 Å². The molecule has 0 aliphatic heterocycles. The highest BCUT2D eigenvalue weighted by Gasteiger charge is 2.32. The van der Waals surface area contributed by atoms with Gasteiger partial charge in [-0.05, 0) is 25.0 Å². The number of carbonyl (C=O) groups is 1. The molecule has 1 aliphatic rings. The second kappa shape index (κ2) is 5.50. The maximum absolute atomic E-state index is 12.4. The molecule has 106 valence electrons. The summed E-state index contributed by atoms with van der Waals surface area (Å²) in [5.74, 6) is 0.156. The standard InChI is InChI=1S/C15H19N3OS/c1-18(15(19)10-5-4-6-11(10)16)9-14-17-12-7-2-3-8-13(12)20-14/h2-3,7-8,10-11H,4-6,9,16H2,1H3. The number of rotatable bonds is 3. The van der Waals surface area contributed by atoms with Gasteiger partial charge in [-0.15, -0.1) is 11.3 Å². The van der Waals surface area contributed by atoms with E-state index in [0.717, 1.165) is 29.8 Å². The molecule has 2 unspecified atom stereocenters. The molecule has 20 heavy (non-hydrogen) atoms. The van der Waals surface area contributed by atoms with Gasteiger partial charge in [0.2, 0.25) is 5.91 Å². The van der Waals surface area contributed by atoms with Crippen molar-refractivity contribution in [2.24, 2.45) is 11.7 Å². The summed E-state index contributed by atoms with van der Waals surface area (Å²) in [5.41, 5.74) is 7.02. The summed E-state index contributed by atoms with van der Waals surface area (Å²) in [5, 5.41) is 0.980. The van der Waals surface area contributed by atoms with Gasteiger partial charge in [0.1, 0.15) is 5.01 Å². The van der Waals surface area contributed by atoms with Gasteiger partial charge in [-0.25, -0.2) is 4.98 Å². The van der Waals surface area contributed by atoms with Gasteiger partial charge in [0.05, 0.1) is 22.7 Å². The Hall–Kier alpha value is -1.46. The summed E-state index contributed by atoms with van der Waals surface area (Å²) in [6.45, 7) is 0.571. The number of nitrogens with two attached hydrogens (primary N) is 1. The molecule has 1 heterocycles. The molecule has 2 N–H and O–H groups in total. The smallest absolute Gasteiger partial charge is 0.227 e. The SMILES string of the molecule is CN(Cc1nc2ccccc2s1)C(=O)C1CCCC1N. The van der Waals surface area contributed by atoms with Crippen molar-refractivity contribution in [2.75, 3.05) is 7.05 Å². The zero-order chi connectivity index (χ0) is 14.1. The minimum Gasteiger partial charge on any atom is -0.339 e. The average Bonchev–Trinajstić information content (AvgIpc) is 3.03. The van der Waals surface area contributed by atoms with Gasteiger partial charge >= 0.3 is 0 Å². The highest BCUT2D eigenvalue weighted by Crippen LogP contribution is 2.27. The molecule has 1 fully saturated rings. The number of hydrogen-bond acceptors (Lipinski definition) is 4. The predicted octanol–water partition coefficient (Wildman–Crippen LogP) is 2.38. The van der Waals surface area contributed by atoms with Crippen LogP contribution in [0.15, 0.2) is 24.3 Å². The number of carbonyl (C=O) groups excluding carboxylic acids is 1. The third-order valence-electron chi connectivity index (χ3n) is 3.97. The van der Waals surface area contributed by atoms with Crippen molar-refractivity contribution in [3.63, 3.8) is 0 Å². The second-order valence-electron chi connectivity index (χ2n) is 5.47. The number of fused-ring (bicyclic) bond motifs is 1. The molecule has 1 aromatic heterocycles. The molecule has 1 amide bonds. The van der Waals surface area contributed by atoms with Gasteiger partial charge in [0, 0.05) is 13.1 Å². The molecule has 1 saturated carbocycles. The molecule has 3 rings (SSSR count). The first-order valence-electron chi connectivity index (χ1n) is 7.00. The fraction of sp³-hybridized carbons (Fsp3) is 0.467. The van der Waals surface area contributed by atoms with E-state index in [1.165, 1.54) is 4.70 Å². The molecular formula is C15H19N3OS. The van der Waals surface area contributed by atoms with E-state index in [9.17, 15) is 4.79 Å². The van der Waals surface area contributed by atoms with Crippen molar-refractivity contribution in [3.05, 3.63) is 29.3 Å². The first kappa shape index (κ1) is 13.5. The van der Waals surface area contributed by atoms with Crippen LogP contribution in [0.5, 0.6) is 0 Å². The Morgan fingerprint density at radius 2 is 2.25 bits per heavy atom. The van der Waals surface area contributed by atoms with Crippen molar-refractivity contribution >= 4 is 27.5 Å². The lowest BCUT2D eigenvalue weighted by atomic mass is 10.0. The number of amides is 1. The summed E-state index contributed by atoms with van der Waals surface area (Å²) < 4.78 is 1.17. The first-order valence-corrected chi connectivity index (χ1v) is 7.82. The topological polar surface area (TPSA) is 59.2 Å². The van der Waals surface area contributed by atoms with Crippen molar-refractivity contribution in [2.45, 2.75) is 31.8 Å². The maximum atomic E-state index is 12.4. The Kier molecular flexibility index (Phi) is 3.72. The summed E-state index contributed by atoms with van der Waals surface area (Å²) in [6, 6.07) is 8.09. The van der Waals surface area contributed by atoms with Crippen LogP contribution in [0.3, 0.4) is 0 Å². The second-order valence-corrected chi connectivity index (χ2v) is 6.59. The fourth-order valence-corrected chi connectivity index (χ4v) is 3.87. The molecule has 0 bridgehead atoms. The summed E-state index contributed by atoms with van der Waals surface area (Å²) >= 11 is 1.65. The van der Waals surface area contributed by atoms with E-state index < -0.39 is 0 Å². The molecular weight excluding hydrogens is 270 g/mol. The molecule has 0 spiro atoms. The normalized spacial score (nSPS) is 22.3. The van der Waals surface area contributed by atoms with Gasteiger partial charge in [0.15, 0.2) is 0 Å². The van der Waals surface area contributed by atoms with E-state index in [4.69, 9.17) is 5.73 Å². The van der Waals surface area contributed by atoms with Crippen LogP contribution in [0.25, 0.3) is 10.2 Å². The van der Waals surface area contributed by atoms with Crippen LogP contribution in [0.4, 0.5) is 0 Å². The van der Waals surface area contributed by atoms with Gasteiger partial charge < -0.3 is 10.6 Å². The Morgan fingerprint density at radius 1 is 1.45 bits per heavy atom. The van der Waals surface area contributed by atoms with Crippen LogP contribution in [0.1, 0.15) is 24.3 Å². The summed E-state index contributed by atoms with van der Waals surface area (Å²) in [6.07, 6.45) is 2.95. The van der Waals surface area contributed by atoms with Crippen molar-refractivity contribution < 1.29 is 4.79 Å². The third kappa shape index (κ3) is 2.55. The van der Waals surface area contributed by atoms with Crippen molar-refractivity contribution in [1.82, 2.24) is 9.88 Å². The van der Waals surface area contributed by atoms with Crippen LogP contribution in [-0.4, -0.2) is 28.9 Å². The lowest BCUT2D eigenvalue weighted by Crippen LogP contribution is -2.39. The number of aromatic nitrogens is 1. The average molecular weight is 289 g/mol. The van der Waals surface area contributed by atoms with Gasteiger partial charge in [0.25, 0.3) is 0 Å². The van der Waals surface area contributed by atoms with Crippen molar-refractivity contribution in [1.29, 1.82) is 0 Å². The number of nitrogens with zero attached hydrogens (tertiary/aromatic N) is 2. The summed E-state index contributed by atoms with van der Waals surface area (Å²) in [4.78, 5) is 18.7. The molecule has 5 heteroatoms. The monoisotopic (exact) mass is 289 g/mol. The molecule has 1 aromatic carbocycles. The third-order valence-corrected chi connectivity index (χ3v) is 4.99. The van der Waals surface area contributed by atoms with Gasteiger partial charge in [-0.1, -0.05) is 18.6 Å². The van der Waals surface area contributed by atoms with E-state index in [0.29, 0.717) is 6.54 Å². The summed E-state index contributed by atoms with van der Waals surface area (Å²) in [7, 11) is 1.85. The van der Waals surface area contributed by atoms with E-state index in [2.05, 4.69) is 11.1 Å². The molecule has 0 radical (unpaired) electrons. The number of hydrogen-bond donors (Lipinski definition) is 1. The quantitative estimate of drug-likeness (QED) is 0.943. The van der Waals surface area contributed by atoms with Crippen LogP contribution >= 0.6 is 11.3 Å². The fourth-order valence-electron chi connectivity index (χ4n) is 2.85. The van der Waals surface area contributed by atoms with Crippen LogP contribution in [-0.2, 0) is 11.3 Å². The van der Waals surface area contributed by atoms with Gasteiger partial charge in [-0.2, -0.15) is 0 Å². The molecule has 0 saturated heterocycles. The van der Waals surface area contributed by atoms with Gasteiger partial charge in [-0.3, -0.25) is 4.79 Å². The largest absolute Gasteiger partial charge is 0.339 e. The van der Waals surface area contributed by atoms with E-state index in [1.54, 1.807) is 16.2 Å². The highest BCUT2D eigenvalue weighted by atomic mass is 32.1. The van der Waals surface area contributed by atoms with Crippen LogP contribution < -0.4 is 5.73 Å². The predicted molar refractivity (Wildman–Crippen MR) is 81.4 cm³/mol. The molecule has 2 atom stereocenters. The van der Waals surface area contributed by atoms with E-state index in [1.807, 2.05) is 25.2 Å². The molecule has 2 aromatic rings. The first-order chi connectivity index (χ1) is 9.65. The minimum absolute atomic E-state index is 0.00521. The zero-order valence-corrected chi connectivity index (χ0v) is 12.4. The number of benzene rings is 1. The molecule has 1 aliphatic carbocycles. The Balaban J connectivity index is 1.71. The Labute approximate surface area is 122 Å². The molecule has 4 nitrogen and oxygen atoms in total. The van der Waals surface area contributed by atoms with E-state index >= 15 is 0 Å². The number of thiazole rings is 1. The highest BCUT2D eigenvalue weighted by molar-refractivity contribution is 7.18. The van der Waals surface area contributed by atoms with Crippen LogP contribution in [0, 0.1) is 5.92 Å². The zero-order valence-electron chi connectivity index (χ0n) is 11.6. The lowest BCUT2D eigenvalue weighted by Gasteiger charge is -2.22. The minimum atomic E-state index is -0.00521. The Bertz CT molecular complexity index is 591. The maximum Gasteiger partial charge on any atom is 0.227 e. The number of para-hydroxylation sites is 1. The Morgan fingerprint density at radius 3 is 2.95 bits per heavy atom. The lowest BCUT2D eigenvalue weighted by molar-refractivity contribution is -0.134. The van der Waals surface area contributed by atoms with Crippen LogP contribution in [0.2, 0.25) is 0 Å².